The van der Waals surface area contributed by atoms with Gasteiger partial charge in [0, 0.05) is 5.56 Å². The molecule has 0 radical (unpaired) electrons. The van der Waals surface area contributed by atoms with Crippen molar-refractivity contribution >= 4 is 0 Å². The Kier molecular flexibility index (Phi) is 2.91. The van der Waals surface area contributed by atoms with Gasteiger partial charge in [-0.25, -0.2) is 4.39 Å². The van der Waals surface area contributed by atoms with Gasteiger partial charge in [0.1, 0.15) is 11.4 Å². The van der Waals surface area contributed by atoms with Crippen LogP contribution in [0, 0.1) is 0 Å². The second-order valence-electron chi connectivity index (χ2n) is 3.92. The lowest BCUT2D eigenvalue weighted by Gasteiger charge is -2.31. The summed E-state index contributed by atoms with van der Waals surface area (Å²) in [7, 11) is 1.59. The molecular weight excluding hydrogens is 193 g/mol. The number of para-hydroxylation sites is 1. The fourth-order valence-corrected chi connectivity index (χ4v) is 2.11. The molecule has 3 heteroatoms. The normalized spacial score (nSPS) is 19.9. The van der Waals surface area contributed by atoms with Crippen LogP contribution in [0.25, 0.3) is 0 Å². The van der Waals surface area contributed by atoms with Crippen LogP contribution in [0.5, 0.6) is 5.75 Å². The third-order valence-electron chi connectivity index (χ3n) is 2.99. The number of alkyl halides is 1. The molecule has 0 aromatic heterocycles. The van der Waals surface area contributed by atoms with E-state index in [4.69, 9.17) is 4.74 Å². The Hall–Kier alpha value is -1.09. The van der Waals surface area contributed by atoms with Gasteiger partial charge in [0.25, 0.3) is 0 Å². The zero-order chi connectivity index (χ0) is 10.7. The molecule has 1 aromatic rings. The van der Waals surface area contributed by atoms with Crippen molar-refractivity contribution in [1.82, 2.24) is 5.32 Å². The van der Waals surface area contributed by atoms with Gasteiger partial charge in [-0.2, -0.15) is 0 Å². The summed E-state index contributed by atoms with van der Waals surface area (Å²) in [6.45, 7) is 1.46. The number of benzene rings is 1. The molecule has 1 heterocycles. The number of nitrogens with one attached hydrogen (secondary N) is 1. The molecule has 0 atom stereocenters. The van der Waals surface area contributed by atoms with E-state index in [2.05, 4.69) is 5.32 Å². The fraction of sp³-hybridized carbons (Fsp3) is 0.500. The number of methoxy groups -OCH3 is 1. The average molecular weight is 209 g/mol. The van der Waals surface area contributed by atoms with Crippen LogP contribution >= 0.6 is 0 Å². The van der Waals surface area contributed by atoms with E-state index in [1.807, 2.05) is 24.3 Å². The molecule has 15 heavy (non-hydrogen) atoms. The van der Waals surface area contributed by atoms with E-state index in [1.165, 1.54) is 0 Å². The Labute approximate surface area is 89.4 Å². The molecule has 0 bridgehead atoms. The molecule has 1 aliphatic rings. The van der Waals surface area contributed by atoms with E-state index in [1.54, 1.807) is 7.11 Å². The summed E-state index contributed by atoms with van der Waals surface area (Å²) in [6, 6.07) is 7.37. The zero-order valence-corrected chi connectivity index (χ0v) is 8.92. The van der Waals surface area contributed by atoms with Gasteiger partial charge in [-0.05, 0) is 32.0 Å². The van der Waals surface area contributed by atoms with Gasteiger partial charge < -0.3 is 10.1 Å². The molecule has 0 aliphatic carbocycles. The van der Waals surface area contributed by atoms with Crippen LogP contribution in [-0.4, -0.2) is 20.2 Å². The third-order valence-corrected chi connectivity index (χ3v) is 2.99. The second kappa shape index (κ2) is 4.19. The predicted molar refractivity (Wildman–Crippen MR) is 57.9 cm³/mol. The summed E-state index contributed by atoms with van der Waals surface area (Å²) < 4.78 is 19.8. The topological polar surface area (TPSA) is 21.3 Å². The Morgan fingerprint density at radius 3 is 2.60 bits per heavy atom. The minimum atomic E-state index is -1.22. The molecule has 2 nitrogen and oxygen atoms in total. The highest BCUT2D eigenvalue weighted by Crippen LogP contribution is 2.39. The molecule has 1 fully saturated rings. The van der Waals surface area contributed by atoms with Crippen LogP contribution in [0.4, 0.5) is 4.39 Å². The van der Waals surface area contributed by atoms with E-state index in [0.29, 0.717) is 24.2 Å². The minimum Gasteiger partial charge on any atom is -0.496 e. The highest BCUT2D eigenvalue weighted by Gasteiger charge is 2.35. The first-order valence-corrected chi connectivity index (χ1v) is 5.29. The lowest BCUT2D eigenvalue weighted by Crippen LogP contribution is -2.36. The van der Waals surface area contributed by atoms with E-state index in [-0.39, 0.29) is 0 Å². The van der Waals surface area contributed by atoms with Crippen molar-refractivity contribution < 1.29 is 9.13 Å². The highest BCUT2D eigenvalue weighted by atomic mass is 19.1. The monoisotopic (exact) mass is 209 g/mol. The van der Waals surface area contributed by atoms with Gasteiger partial charge in [0.05, 0.1) is 7.11 Å². The van der Waals surface area contributed by atoms with Crippen LogP contribution in [0.3, 0.4) is 0 Å². The SMILES string of the molecule is COc1ccccc1C1(F)CCNCC1. The first-order chi connectivity index (χ1) is 7.26. The number of rotatable bonds is 2. The quantitative estimate of drug-likeness (QED) is 0.806. The highest BCUT2D eigenvalue weighted by molar-refractivity contribution is 5.38. The first-order valence-electron chi connectivity index (χ1n) is 5.29. The lowest BCUT2D eigenvalue weighted by molar-refractivity contribution is 0.111. The van der Waals surface area contributed by atoms with Crippen LogP contribution in [0.2, 0.25) is 0 Å². The Morgan fingerprint density at radius 2 is 1.93 bits per heavy atom. The number of halogens is 1. The van der Waals surface area contributed by atoms with Crippen molar-refractivity contribution in [2.45, 2.75) is 18.5 Å². The van der Waals surface area contributed by atoms with Crippen molar-refractivity contribution in [2.24, 2.45) is 0 Å². The molecule has 0 spiro atoms. The van der Waals surface area contributed by atoms with Crippen molar-refractivity contribution in [3.05, 3.63) is 29.8 Å². The molecule has 82 valence electrons. The molecule has 1 saturated heterocycles. The maximum Gasteiger partial charge on any atom is 0.142 e. The number of hydrogen-bond acceptors (Lipinski definition) is 2. The zero-order valence-electron chi connectivity index (χ0n) is 8.92. The molecule has 0 unspecified atom stereocenters. The average Bonchev–Trinajstić information content (AvgIpc) is 2.30. The van der Waals surface area contributed by atoms with E-state index >= 15 is 0 Å². The van der Waals surface area contributed by atoms with Crippen molar-refractivity contribution in [3.8, 4) is 5.75 Å². The Balaban J connectivity index is 2.34. The standard InChI is InChI=1S/C12H16FNO/c1-15-11-5-3-2-4-10(11)12(13)6-8-14-9-7-12/h2-5,14H,6-9H2,1H3. The summed E-state index contributed by atoms with van der Waals surface area (Å²) in [4.78, 5) is 0. The molecule has 1 N–H and O–H groups in total. The number of ether oxygens (including phenoxy) is 1. The van der Waals surface area contributed by atoms with Crippen molar-refractivity contribution in [3.63, 3.8) is 0 Å². The smallest absolute Gasteiger partial charge is 0.142 e. The molecular formula is C12H16FNO. The van der Waals surface area contributed by atoms with Gasteiger partial charge >= 0.3 is 0 Å². The number of hydrogen-bond donors (Lipinski definition) is 1. The van der Waals surface area contributed by atoms with Crippen molar-refractivity contribution in [2.75, 3.05) is 20.2 Å². The molecule has 1 aliphatic heterocycles. The van der Waals surface area contributed by atoms with Gasteiger partial charge in [0.2, 0.25) is 0 Å². The summed E-state index contributed by atoms with van der Waals surface area (Å²) >= 11 is 0. The van der Waals surface area contributed by atoms with E-state index < -0.39 is 5.67 Å². The van der Waals surface area contributed by atoms with Crippen LogP contribution in [-0.2, 0) is 5.67 Å². The van der Waals surface area contributed by atoms with Gasteiger partial charge in [-0.1, -0.05) is 18.2 Å². The van der Waals surface area contributed by atoms with Gasteiger partial charge in [0.15, 0.2) is 0 Å². The summed E-state index contributed by atoms with van der Waals surface area (Å²) in [5.41, 5.74) is -0.535. The maximum atomic E-state index is 14.6. The van der Waals surface area contributed by atoms with Gasteiger partial charge in [-0.3, -0.25) is 0 Å². The summed E-state index contributed by atoms with van der Waals surface area (Å²) in [5.74, 6) is 0.655. The fourth-order valence-electron chi connectivity index (χ4n) is 2.11. The lowest BCUT2D eigenvalue weighted by atomic mass is 9.86. The molecule has 1 aromatic carbocycles. The first kappa shape index (κ1) is 10.4. The molecule has 2 rings (SSSR count). The van der Waals surface area contributed by atoms with Crippen molar-refractivity contribution in [1.29, 1.82) is 0 Å². The maximum absolute atomic E-state index is 14.6. The number of piperidine rings is 1. The largest absolute Gasteiger partial charge is 0.496 e. The summed E-state index contributed by atoms with van der Waals surface area (Å²) in [6.07, 6.45) is 1.04. The Bertz CT molecular complexity index is 334. The van der Waals surface area contributed by atoms with Crippen LogP contribution in [0.15, 0.2) is 24.3 Å². The Morgan fingerprint density at radius 1 is 1.27 bits per heavy atom. The van der Waals surface area contributed by atoms with Crippen LogP contribution < -0.4 is 10.1 Å². The second-order valence-corrected chi connectivity index (χ2v) is 3.92. The molecule has 0 saturated carbocycles. The molecule has 0 amide bonds. The van der Waals surface area contributed by atoms with E-state index in [9.17, 15) is 4.39 Å². The van der Waals surface area contributed by atoms with Gasteiger partial charge in [-0.15, -0.1) is 0 Å². The predicted octanol–water partition coefficient (Wildman–Crippen LogP) is 2.24. The minimum absolute atomic E-state index is 0.521. The summed E-state index contributed by atoms with van der Waals surface area (Å²) in [5, 5.41) is 3.17. The van der Waals surface area contributed by atoms with E-state index in [0.717, 1.165) is 13.1 Å². The third kappa shape index (κ3) is 1.97. The van der Waals surface area contributed by atoms with Crippen LogP contribution in [0.1, 0.15) is 18.4 Å².